The molecule has 0 aliphatic rings. The fourth-order valence-electron chi connectivity index (χ4n) is 2.39. The Kier molecular flexibility index (Phi) is 4.73. The van der Waals surface area contributed by atoms with Crippen molar-refractivity contribution in [3.63, 3.8) is 0 Å². The van der Waals surface area contributed by atoms with E-state index in [1.165, 1.54) is 12.1 Å². The molecule has 25 heavy (non-hydrogen) atoms. The minimum Gasteiger partial charge on any atom is -0.478 e. The summed E-state index contributed by atoms with van der Waals surface area (Å²) in [4.78, 5) is 23.8. The van der Waals surface area contributed by atoms with Gasteiger partial charge in [-0.25, -0.2) is 4.79 Å². The van der Waals surface area contributed by atoms with Gasteiger partial charge in [0, 0.05) is 22.3 Å². The number of carboxylic acids is 1. The third-order valence-electron chi connectivity index (χ3n) is 3.67. The normalized spacial score (nSPS) is 9.76. The Balaban J connectivity index is 1.85. The molecular formula is C22H14O3. The number of carboxylic acid groups (broad SMARTS) is 1. The van der Waals surface area contributed by atoms with E-state index in [1.54, 1.807) is 36.4 Å². The fourth-order valence-corrected chi connectivity index (χ4v) is 2.39. The van der Waals surface area contributed by atoms with Crippen LogP contribution in [-0.2, 0) is 0 Å². The monoisotopic (exact) mass is 326 g/mol. The summed E-state index contributed by atoms with van der Waals surface area (Å²) in [6.07, 6.45) is 0. The molecule has 1 N–H and O–H groups in total. The molecular weight excluding hydrogens is 312 g/mol. The second-order valence-corrected chi connectivity index (χ2v) is 5.37. The van der Waals surface area contributed by atoms with Crippen LogP contribution in [-0.4, -0.2) is 16.9 Å². The molecule has 0 atom stereocenters. The second kappa shape index (κ2) is 7.29. The summed E-state index contributed by atoms with van der Waals surface area (Å²) >= 11 is 0. The number of rotatable bonds is 3. The zero-order valence-corrected chi connectivity index (χ0v) is 13.3. The van der Waals surface area contributed by atoms with Gasteiger partial charge < -0.3 is 5.11 Å². The minimum absolute atomic E-state index is 0.000413. The molecule has 3 aromatic carbocycles. The lowest BCUT2D eigenvalue weighted by Gasteiger charge is -2.05. The summed E-state index contributed by atoms with van der Waals surface area (Å²) in [7, 11) is 0. The maximum Gasteiger partial charge on any atom is 0.336 e. The number of ketones is 1. The van der Waals surface area contributed by atoms with E-state index in [2.05, 4.69) is 11.8 Å². The molecule has 0 heterocycles. The van der Waals surface area contributed by atoms with Crippen molar-refractivity contribution in [2.45, 2.75) is 0 Å². The highest BCUT2D eigenvalue weighted by Gasteiger charge is 2.17. The molecule has 3 heteroatoms. The largest absolute Gasteiger partial charge is 0.478 e. The van der Waals surface area contributed by atoms with Gasteiger partial charge in [-0.15, -0.1) is 0 Å². The first-order valence-corrected chi connectivity index (χ1v) is 7.69. The van der Waals surface area contributed by atoms with Crippen molar-refractivity contribution in [2.75, 3.05) is 0 Å². The van der Waals surface area contributed by atoms with E-state index >= 15 is 0 Å². The van der Waals surface area contributed by atoms with Gasteiger partial charge in [0.05, 0.1) is 5.56 Å². The first kappa shape index (κ1) is 16.2. The molecule has 120 valence electrons. The van der Waals surface area contributed by atoms with Crippen molar-refractivity contribution in [1.82, 2.24) is 0 Å². The van der Waals surface area contributed by atoms with Crippen LogP contribution < -0.4 is 0 Å². The van der Waals surface area contributed by atoms with E-state index < -0.39 is 5.97 Å². The Morgan fingerprint density at radius 1 is 0.640 bits per heavy atom. The van der Waals surface area contributed by atoms with Crippen molar-refractivity contribution in [3.8, 4) is 11.8 Å². The SMILES string of the molecule is O=C(O)c1ccccc1C(=O)c1ccc(C#Cc2ccccc2)cc1. The summed E-state index contributed by atoms with van der Waals surface area (Å²) in [6, 6.07) is 22.7. The Hall–Kier alpha value is -3.64. The lowest BCUT2D eigenvalue weighted by Crippen LogP contribution is -2.09. The van der Waals surface area contributed by atoms with Gasteiger partial charge in [-0.05, 0) is 42.5 Å². The minimum atomic E-state index is -1.12. The number of benzene rings is 3. The van der Waals surface area contributed by atoms with Crippen LogP contribution >= 0.6 is 0 Å². The highest BCUT2D eigenvalue weighted by molar-refractivity contribution is 6.14. The third kappa shape index (κ3) is 3.82. The van der Waals surface area contributed by atoms with Gasteiger partial charge in [-0.2, -0.15) is 0 Å². The lowest BCUT2D eigenvalue weighted by molar-refractivity contribution is 0.0693. The van der Waals surface area contributed by atoms with Crippen LogP contribution in [0.25, 0.3) is 0 Å². The molecule has 3 aromatic rings. The second-order valence-electron chi connectivity index (χ2n) is 5.37. The van der Waals surface area contributed by atoms with Crippen molar-refractivity contribution in [1.29, 1.82) is 0 Å². The first-order chi connectivity index (χ1) is 12.1. The highest BCUT2D eigenvalue weighted by Crippen LogP contribution is 2.15. The van der Waals surface area contributed by atoms with Crippen LogP contribution in [0.2, 0.25) is 0 Å². The molecule has 0 spiro atoms. The van der Waals surface area contributed by atoms with Crippen LogP contribution in [0.4, 0.5) is 0 Å². The lowest BCUT2D eigenvalue weighted by atomic mass is 9.98. The number of hydrogen-bond acceptors (Lipinski definition) is 2. The first-order valence-electron chi connectivity index (χ1n) is 7.69. The van der Waals surface area contributed by atoms with E-state index in [4.69, 9.17) is 0 Å². The van der Waals surface area contributed by atoms with Gasteiger partial charge in [0.1, 0.15) is 0 Å². The fraction of sp³-hybridized carbons (Fsp3) is 0. The molecule has 0 saturated heterocycles. The van der Waals surface area contributed by atoms with Gasteiger partial charge in [0.15, 0.2) is 5.78 Å². The Bertz CT molecular complexity index is 975. The summed E-state index contributed by atoms with van der Waals surface area (Å²) in [6.45, 7) is 0. The summed E-state index contributed by atoms with van der Waals surface area (Å²) in [5.74, 6) is 4.66. The molecule has 3 rings (SSSR count). The average Bonchev–Trinajstić information content (AvgIpc) is 2.67. The number of aromatic carboxylic acids is 1. The Morgan fingerprint density at radius 3 is 1.76 bits per heavy atom. The molecule has 0 amide bonds. The molecule has 0 saturated carbocycles. The maximum atomic E-state index is 12.6. The van der Waals surface area contributed by atoms with E-state index in [-0.39, 0.29) is 16.9 Å². The van der Waals surface area contributed by atoms with Gasteiger partial charge in [-0.1, -0.05) is 48.2 Å². The van der Waals surface area contributed by atoms with Crippen LogP contribution in [0, 0.1) is 11.8 Å². The van der Waals surface area contributed by atoms with Gasteiger partial charge >= 0.3 is 5.97 Å². The van der Waals surface area contributed by atoms with Gasteiger partial charge in [0.25, 0.3) is 0 Å². The number of carbonyl (C=O) groups excluding carboxylic acids is 1. The molecule has 0 aromatic heterocycles. The molecule has 0 bridgehead atoms. The summed E-state index contributed by atoms with van der Waals surface area (Å²) in [5, 5.41) is 9.21. The van der Waals surface area contributed by atoms with Crippen molar-refractivity contribution in [3.05, 3.63) is 107 Å². The quantitative estimate of drug-likeness (QED) is 0.584. The molecule has 0 fully saturated rings. The molecule has 0 unspecified atom stereocenters. The van der Waals surface area contributed by atoms with E-state index in [0.717, 1.165) is 11.1 Å². The molecule has 0 aliphatic heterocycles. The van der Waals surface area contributed by atoms with Gasteiger partial charge in [0.2, 0.25) is 0 Å². The standard InChI is InChI=1S/C22H14O3/c23-21(19-8-4-5-9-20(19)22(24)25)18-14-12-17(13-15-18)11-10-16-6-2-1-3-7-16/h1-9,12-15H,(H,24,25). The van der Waals surface area contributed by atoms with Crippen LogP contribution in [0.5, 0.6) is 0 Å². The van der Waals surface area contributed by atoms with Crippen molar-refractivity contribution < 1.29 is 14.7 Å². The Morgan fingerprint density at radius 2 is 1.16 bits per heavy atom. The van der Waals surface area contributed by atoms with E-state index in [1.807, 2.05) is 30.3 Å². The van der Waals surface area contributed by atoms with Crippen LogP contribution in [0.1, 0.15) is 37.4 Å². The highest BCUT2D eigenvalue weighted by atomic mass is 16.4. The average molecular weight is 326 g/mol. The predicted molar refractivity (Wildman–Crippen MR) is 95.7 cm³/mol. The van der Waals surface area contributed by atoms with E-state index in [0.29, 0.717) is 5.56 Å². The van der Waals surface area contributed by atoms with Crippen LogP contribution in [0.15, 0.2) is 78.9 Å². The summed E-state index contributed by atoms with van der Waals surface area (Å²) < 4.78 is 0. The van der Waals surface area contributed by atoms with Crippen molar-refractivity contribution in [2.24, 2.45) is 0 Å². The Labute approximate surface area is 145 Å². The number of hydrogen-bond donors (Lipinski definition) is 1. The molecule has 3 nitrogen and oxygen atoms in total. The molecule has 0 aliphatic carbocycles. The third-order valence-corrected chi connectivity index (χ3v) is 3.67. The van der Waals surface area contributed by atoms with Crippen LogP contribution in [0.3, 0.4) is 0 Å². The smallest absolute Gasteiger partial charge is 0.336 e. The topological polar surface area (TPSA) is 54.4 Å². The van der Waals surface area contributed by atoms with E-state index in [9.17, 15) is 14.7 Å². The maximum absolute atomic E-state index is 12.6. The zero-order chi connectivity index (χ0) is 17.6. The number of carbonyl (C=O) groups is 2. The summed E-state index contributed by atoms with van der Waals surface area (Å²) in [5.41, 5.74) is 2.31. The molecule has 0 radical (unpaired) electrons. The predicted octanol–water partition coefficient (Wildman–Crippen LogP) is 4.02. The van der Waals surface area contributed by atoms with Crippen molar-refractivity contribution >= 4 is 11.8 Å². The zero-order valence-electron chi connectivity index (χ0n) is 13.3. The van der Waals surface area contributed by atoms with Gasteiger partial charge in [-0.3, -0.25) is 4.79 Å².